The molecule has 3 heterocycles. The molecule has 2 N–H and O–H groups in total. The van der Waals surface area contributed by atoms with Crippen molar-refractivity contribution in [2.75, 3.05) is 18.6 Å². The number of aromatic nitrogens is 2. The number of amides is 1. The first-order valence-electron chi connectivity index (χ1n) is 13.9. The third kappa shape index (κ3) is 4.24. The van der Waals surface area contributed by atoms with Gasteiger partial charge in [0.05, 0.1) is 42.0 Å². The number of fused-ring (bicyclic) bond motifs is 3. The number of carbonyl (C=O) groups excluding carboxylic acids is 1. The van der Waals surface area contributed by atoms with Crippen LogP contribution in [0.2, 0.25) is 18.6 Å². The fraction of sp³-hybridized carbons (Fsp3) is 0.355. The number of aliphatic hydroxyl groups is 1. The molecule has 10 heteroatoms. The van der Waals surface area contributed by atoms with E-state index in [9.17, 15) is 14.7 Å². The highest BCUT2D eigenvalue weighted by molar-refractivity contribution is 6.72. The number of carbonyl (C=O) groups is 1. The standard InChI is InChI=1S/C31H34FN3O5Si/c1-19-28(41(3,4)32)27(15-16-36)40-31(19)24-17-22(39-2)13-14-26(24)34(30(31)38)18-20-9-11-21(12-10-20)35-29(37)23-7-5-6-8-25(23)33-35/h5-14,17,19,27-28,33,36H,15-16,18H2,1-4H3/t19-,27+,28-,31+/m1/s1. The van der Waals surface area contributed by atoms with Gasteiger partial charge in [-0.15, -0.1) is 0 Å². The van der Waals surface area contributed by atoms with Gasteiger partial charge in [-0.1, -0.05) is 31.2 Å². The second-order valence-corrected chi connectivity index (χ2v) is 15.3. The van der Waals surface area contributed by atoms with Crippen molar-refractivity contribution in [3.63, 3.8) is 0 Å². The molecule has 1 spiro atoms. The van der Waals surface area contributed by atoms with Crippen molar-refractivity contribution in [1.29, 1.82) is 0 Å². The highest BCUT2D eigenvalue weighted by Gasteiger charge is 2.66. The van der Waals surface area contributed by atoms with E-state index in [1.807, 2.05) is 61.5 Å². The average molecular weight is 576 g/mol. The van der Waals surface area contributed by atoms with Crippen molar-refractivity contribution in [2.24, 2.45) is 5.92 Å². The molecular weight excluding hydrogens is 541 g/mol. The molecule has 1 saturated heterocycles. The van der Waals surface area contributed by atoms with Crippen molar-refractivity contribution < 1.29 is 23.5 Å². The lowest BCUT2D eigenvalue weighted by Crippen LogP contribution is -2.45. The smallest absolute Gasteiger partial charge is 0.279 e. The quantitative estimate of drug-likeness (QED) is 0.238. The number of aliphatic hydroxyl groups excluding tert-OH is 1. The molecule has 1 aromatic heterocycles. The van der Waals surface area contributed by atoms with Crippen LogP contribution in [0.15, 0.2) is 71.5 Å². The Hall–Kier alpha value is -3.73. The van der Waals surface area contributed by atoms with Crippen LogP contribution in [0.25, 0.3) is 16.6 Å². The summed E-state index contributed by atoms with van der Waals surface area (Å²) in [7, 11) is -1.71. The molecule has 3 aromatic carbocycles. The van der Waals surface area contributed by atoms with Gasteiger partial charge in [-0.3, -0.25) is 14.7 Å². The maximum Gasteiger partial charge on any atom is 0.279 e. The van der Waals surface area contributed by atoms with E-state index in [-0.39, 0.29) is 31.0 Å². The van der Waals surface area contributed by atoms with E-state index in [1.54, 1.807) is 37.2 Å². The Labute approximate surface area is 238 Å². The summed E-state index contributed by atoms with van der Waals surface area (Å²) in [4.78, 5) is 29.0. The van der Waals surface area contributed by atoms with Gasteiger partial charge in [0.1, 0.15) is 5.75 Å². The Morgan fingerprint density at radius 2 is 1.83 bits per heavy atom. The predicted molar refractivity (Wildman–Crippen MR) is 158 cm³/mol. The number of ether oxygens (including phenoxy) is 2. The topological polar surface area (TPSA) is 96.8 Å². The zero-order valence-electron chi connectivity index (χ0n) is 23.6. The van der Waals surface area contributed by atoms with E-state index in [0.29, 0.717) is 28.1 Å². The zero-order valence-corrected chi connectivity index (χ0v) is 24.6. The van der Waals surface area contributed by atoms with Crippen LogP contribution in [0.4, 0.5) is 9.80 Å². The Morgan fingerprint density at radius 3 is 2.49 bits per heavy atom. The number of benzene rings is 3. The van der Waals surface area contributed by atoms with Gasteiger partial charge < -0.3 is 23.6 Å². The summed E-state index contributed by atoms with van der Waals surface area (Å²) in [5.41, 5.74) is 1.69. The second-order valence-electron chi connectivity index (χ2n) is 11.5. The summed E-state index contributed by atoms with van der Waals surface area (Å²) in [6.07, 6.45) is -0.309. The molecule has 2 aliphatic heterocycles. The lowest BCUT2D eigenvalue weighted by atomic mass is 9.82. The Bertz CT molecular complexity index is 1680. The number of H-pyrrole nitrogens is 1. The van der Waals surface area contributed by atoms with Crippen LogP contribution in [-0.4, -0.2) is 49.0 Å². The van der Waals surface area contributed by atoms with Gasteiger partial charge in [0.2, 0.25) is 8.41 Å². The molecule has 8 nitrogen and oxygen atoms in total. The highest BCUT2D eigenvalue weighted by atomic mass is 28.4. The number of nitrogens with zero attached hydrogens (tertiary/aromatic N) is 2. The molecule has 0 bridgehead atoms. The maximum absolute atomic E-state index is 15.7. The molecule has 4 atom stereocenters. The average Bonchev–Trinajstić information content (AvgIpc) is 3.53. The van der Waals surface area contributed by atoms with E-state index < -0.39 is 31.6 Å². The Kier molecular flexibility index (Phi) is 6.67. The minimum atomic E-state index is -3.27. The van der Waals surface area contributed by atoms with E-state index >= 15 is 4.11 Å². The summed E-state index contributed by atoms with van der Waals surface area (Å²) < 4.78 is 29.3. The van der Waals surface area contributed by atoms with Crippen LogP contribution in [0.3, 0.4) is 0 Å². The molecule has 1 fully saturated rings. The SMILES string of the molecule is COc1ccc2c(c1)[C@]1(O[C@@H](CCO)[C@H]([Si](C)(C)F)[C@H]1C)C(=O)N2Cc1ccc(-n2[nH]c3ccccc3c2=O)cc1. The number of hydrogen-bond acceptors (Lipinski definition) is 5. The first-order valence-corrected chi connectivity index (χ1v) is 16.8. The first-order chi connectivity index (χ1) is 19.6. The van der Waals surface area contributed by atoms with Gasteiger partial charge in [-0.05, 0) is 67.5 Å². The third-order valence-electron chi connectivity index (χ3n) is 8.71. The number of anilines is 1. The van der Waals surface area contributed by atoms with E-state index in [2.05, 4.69) is 5.10 Å². The van der Waals surface area contributed by atoms with Crippen LogP contribution in [0, 0.1) is 5.92 Å². The molecule has 41 heavy (non-hydrogen) atoms. The minimum absolute atomic E-state index is 0.133. The number of aromatic amines is 1. The number of para-hydroxylation sites is 1. The van der Waals surface area contributed by atoms with Crippen LogP contribution in [0.1, 0.15) is 24.5 Å². The molecule has 1 amide bonds. The zero-order chi connectivity index (χ0) is 29.1. The minimum Gasteiger partial charge on any atom is -0.497 e. The first kappa shape index (κ1) is 27.4. The van der Waals surface area contributed by atoms with Gasteiger partial charge in [0.25, 0.3) is 11.5 Å². The molecule has 0 radical (unpaired) electrons. The summed E-state index contributed by atoms with van der Waals surface area (Å²) >= 11 is 0. The number of nitrogens with one attached hydrogen (secondary N) is 1. The molecular formula is C31H34FN3O5Si. The van der Waals surface area contributed by atoms with Crippen molar-refractivity contribution >= 4 is 30.9 Å². The molecule has 0 saturated carbocycles. The lowest BCUT2D eigenvalue weighted by molar-refractivity contribution is -0.146. The lowest BCUT2D eigenvalue weighted by Gasteiger charge is -2.31. The van der Waals surface area contributed by atoms with E-state index in [4.69, 9.17) is 9.47 Å². The summed E-state index contributed by atoms with van der Waals surface area (Å²) in [6.45, 7) is 5.30. The number of rotatable bonds is 7. The predicted octanol–water partition coefficient (Wildman–Crippen LogP) is 5.03. The van der Waals surface area contributed by atoms with Gasteiger partial charge >= 0.3 is 0 Å². The maximum atomic E-state index is 15.7. The normalized spacial score (nSPS) is 24.0. The summed E-state index contributed by atoms with van der Waals surface area (Å²) in [5.74, 6) is -0.0983. The van der Waals surface area contributed by atoms with Crippen LogP contribution in [0.5, 0.6) is 5.75 Å². The molecule has 4 aromatic rings. The molecule has 6 rings (SSSR count). The third-order valence-corrected chi connectivity index (χ3v) is 11.2. The summed E-state index contributed by atoms with van der Waals surface area (Å²) in [5, 5.41) is 13.5. The number of methoxy groups -OCH3 is 1. The van der Waals surface area contributed by atoms with Crippen molar-refractivity contribution in [2.45, 2.75) is 50.2 Å². The molecule has 0 unspecified atom stereocenters. The molecule has 214 valence electrons. The highest BCUT2D eigenvalue weighted by Crippen LogP contribution is 2.60. The van der Waals surface area contributed by atoms with Gasteiger partial charge in [0.15, 0.2) is 5.60 Å². The fourth-order valence-corrected chi connectivity index (χ4v) is 9.42. The van der Waals surface area contributed by atoms with Crippen molar-refractivity contribution in [3.8, 4) is 11.4 Å². The Morgan fingerprint density at radius 1 is 1.10 bits per heavy atom. The largest absolute Gasteiger partial charge is 0.497 e. The summed E-state index contributed by atoms with van der Waals surface area (Å²) in [6, 6.07) is 20.3. The fourth-order valence-electron chi connectivity index (χ4n) is 6.88. The van der Waals surface area contributed by atoms with Gasteiger partial charge in [0, 0.05) is 23.6 Å². The van der Waals surface area contributed by atoms with Gasteiger partial charge in [-0.2, -0.15) is 0 Å². The monoisotopic (exact) mass is 575 g/mol. The van der Waals surface area contributed by atoms with Crippen molar-refractivity contribution in [3.05, 3.63) is 88.2 Å². The van der Waals surface area contributed by atoms with Gasteiger partial charge in [-0.25, -0.2) is 4.68 Å². The van der Waals surface area contributed by atoms with Crippen LogP contribution in [-0.2, 0) is 21.7 Å². The number of hydrogen-bond donors (Lipinski definition) is 2. The van der Waals surface area contributed by atoms with Crippen LogP contribution >= 0.6 is 0 Å². The Balaban J connectivity index is 1.37. The van der Waals surface area contributed by atoms with Crippen LogP contribution < -0.4 is 15.2 Å². The van der Waals surface area contributed by atoms with Crippen molar-refractivity contribution in [1.82, 2.24) is 9.78 Å². The second kappa shape index (κ2) is 9.97. The number of halogens is 1. The molecule has 2 aliphatic rings. The van der Waals surface area contributed by atoms with E-state index in [0.717, 1.165) is 11.1 Å². The van der Waals surface area contributed by atoms with E-state index in [1.165, 1.54) is 4.68 Å². The molecule has 0 aliphatic carbocycles.